The van der Waals surface area contributed by atoms with Gasteiger partial charge in [-0.05, 0) is 36.1 Å². The highest BCUT2D eigenvalue weighted by Gasteiger charge is 2.32. The molecule has 20 heavy (non-hydrogen) atoms. The van der Waals surface area contributed by atoms with E-state index in [4.69, 9.17) is 5.84 Å². The van der Waals surface area contributed by atoms with Crippen molar-refractivity contribution in [1.82, 2.24) is 5.43 Å². The molecule has 0 saturated heterocycles. The van der Waals surface area contributed by atoms with Gasteiger partial charge in [0.25, 0.3) is 0 Å². The molecule has 2 rings (SSSR count). The van der Waals surface area contributed by atoms with Crippen LogP contribution in [0, 0.1) is 5.92 Å². The highest BCUT2D eigenvalue weighted by Crippen LogP contribution is 2.37. The molecule has 1 aliphatic carbocycles. The number of halogens is 4. The molecule has 1 saturated carbocycles. The highest BCUT2D eigenvalue weighted by atomic mass is 79.9. The van der Waals surface area contributed by atoms with Crippen LogP contribution in [0.3, 0.4) is 0 Å². The molecular formula is C14H18BrF3N2. The van der Waals surface area contributed by atoms with Crippen molar-refractivity contribution in [3.05, 3.63) is 33.8 Å². The molecule has 0 spiro atoms. The number of nitrogens with one attached hydrogen (secondary N) is 1. The maximum Gasteiger partial charge on any atom is 0.416 e. The molecule has 112 valence electrons. The van der Waals surface area contributed by atoms with Gasteiger partial charge < -0.3 is 0 Å². The summed E-state index contributed by atoms with van der Waals surface area (Å²) in [4.78, 5) is 0. The van der Waals surface area contributed by atoms with Crippen LogP contribution in [0.15, 0.2) is 22.7 Å². The molecule has 1 aromatic rings. The Labute approximate surface area is 125 Å². The Kier molecular flexibility index (Phi) is 5.09. The summed E-state index contributed by atoms with van der Waals surface area (Å²) >= 11 is 3.33. The molecule has 1 aromatic carbocycles. The standard InChI is InChI=1S/C14H18BrF3N2/c15-12-6-5-10(14(16,17)18)8-11(12)13(20-19)7-9-3-1-2-4-9/h5-6,8-9,13,20H,1-4,7,19H2. The fourth-order valence-corrected chi connectivity index (χ4v) is 3.37. The van der Waals surface area contributed by atoms with E-state index >= 15 is 0 Å². The van der Waals surface area contributed by atoms with E-state index in [1.165, 1.54) is 25.0 Å². The van der Waals surface area contributed by atoms with Gasteiger partial charge in [-0.25, -0.2) is 0 Å². The molecule has 0 aliphatic heterocycles. The summed E-state index contributed by atoms with van der Waals surface area (Å²) in [6, 6.07) is 3.45. The van der Waals surface area contributed by atoms with Crippen LogP contribution in [0.2, 0.25) is 0 Å². The summed E-state index contributed by atoms with van der Waals surface area (Å²) < 4.78 is 39.1. The third-order valence-corrected chi connectivity index (χ3v) is 4.67. The molecule has 0 amide bonds. The maximum absolute atomic E-state index is 12.8. The molecule has 3 N–H and O–H groups in total. The fourth-order valence-electron chi connectivity index (χ4n) is 2.85. The van der Waals surface area contributed by atoms with Gasteiger partial charge in [-0.1, -0.05) is 41.6 Å². The molecule has 0 radical (unpaired) electrons. The predicted octanol–water partition coefficient (Wildman–Crippen LogP) is 4.55. The zero-order valence-corrected chi connectivity index (χ0v) is 12.6. The van der Waals surface area contributed by atoms with Crippen LogP contribution in [0.4, 0.5) is 13.2 Å². The second-order valence-corrected chi connectivity index (χ2v) is 6.19. The topological polar surface area (TPSA) is 38.0 Å². The second kappa shape index (κ2) is 6.45. The van der Waals surface area contributed by atoms with Gasteiger partial charge in [0.15, 0.2) is 0 Å². The lowest BCUT2D eigenvalue weighted by molar-refractivity contribution is -0.137. The van der Waals surface area contributed by atoms with E-state index in [9.17, 15) is 13.2 Å². The average Bonchev–Trinajstić information content (AvgIpc) is 2.88. The average molecular weight is 351 g/mol. The van der Waals surface area contributed by atoms with Crippen molar-refractivity contribution in [2.45, 2.75) is 44.3 Å². The summed E-state index contributed by atoms with van der Waals surface area (Å²) in [5.41, 5.74) is 2.61. The SMILES string of the molecule is NNC(CC1CCCC1)c1cc(C(F)(F)F)ccc1Br. The molecule has 2 nitrogen and oxygen atoms in total. The van der Waals surface area contributed by atoms with Crippen LogP contribution in [-0.4, -0.2) is 0 Å². The van der Waals surface area contributed by atoms with E-state index in [-0.39, 0.29) is 6.04 Å². The van der Waals surface area contributed by atoms with E-state index < -0.39 is 11.7 Å². The minimum Gasteiger partial charge on any atom is -0.271 e. The van der Waals surface area contributed by atoms with Gasteiger partial charge in [0.05, 0.1) is 5.56 Å². The molecule has 0 bridgehead atoms. The normalized spacial score (nSPS) is 18.4. The first-order valence-electron chi connectivity index (χ1n) is 6.74. The van der Waals surface area contributed by atoms with Gasteiger partial charge in [-0.2, -0.15) is 13.2 Å². The van der Waals surface area contributed by atoms with E-state index in [1.807, 2.05) is 0 Å². The number of benzene rings is 1. The Balaban J connectivity index is 2.23. The van der Waals surface area contributed by atoms with E-state index in [1.54, 1.807) is 0 Å². The Morgan fingerprint density at radius 3 is 2.50 bits per heavy atom. The Morgan fingerprint density at radius 2 is 1.95 bits per heavy atom. The first-order valence-corrected chi connectivity index (χ1v) is 7.54. The molecule has 0 heterocycles. The summed E-state index contributed by atoms with van der Waals surface area (Å²) in [5, 5.41) is 0. The van der Waals surface area contributed by atoms with Crippen LogP contribution in [0.1, 0.15) is 49.3 Å². The molecule has 1 aliphatic rings. The molecule has 6 heteroatoms. The molecule has 1 fully saturated rings. The monoisotopic (exact) mass is 350 g/mol. The van der Waals surface area contributed by atoms with Gasteiger partial charge >= 0.3 is 6.18 Å². The lowest BCUT2D eigenvalue weighted by Gasteiger charge is -2.22. The zero-order valence-electron chi connectivity index (χ0n) is 11.0. The van der Waals surface area contributed by atoms with Crippen LogP contribution >= 0.6 is 15.9 Å². The van der Waals surface area contributed by atoms with E-state index in [2.05, 4.69) is 21.4 Å². The van der Waals surface area contributed by atoms with Gasteiger partial charge in [-0.15, -0.1) is 0 Å². The minimum absolute atomic E-state index is 0.255. The Morgan fingerprint density at radius 1 is 1.30 bits per heavy atom. The van der Waals surface area contributed by atoms with Gasteiger partial charge in [0.2, 0.25) is 0 Å². The van der Waals surface area contributed by atoms with Crippen LogP contribution in [-0.2, 0) is 6.18 Å². The number of hydrazine groups is 1. The number of alkyl halides is 3. The van der Waals surface area contributed by atoms with Crippen molar-refractivity contribution in [3.8, 4) is 0 Å². The molecule has 1 unspecified atom stereocenters. The molecule has 1 atom stereocenters. The van der Waals surface area contributed by atoms with E-state index in [0.29, 0.717) is 16.0 Å². The van der Waals surface area contributed by atoms with Crippen LogP contribution < -0.4 is 11.3 Å². The fraction of sp³-hybridized carbons (Fsp3) is 0.571. The highest BCUT2D eigenvalue weighted by molar-refractivity contribution is 9.10. The lowest BCUT2D eigenvalue weighted by Crippen LogP contribution is -2.30. The smallest absolute Gasteiger partial charge is 0.271 e. The summed E-state index contributed by atoms with van der Waals surface area (Å²) in [6.07, 6.45) is 1.11. The van der Waals surface area contributed by atoms with Crippen molar-refractivity contribution in [3.63, 3.8) is 0 Å². The van der Waals surface area contributed by atoms with Gasteiger partial charge in [-0.3, -0.25) is 11.3 Å². The predicted molar refractivity (Wildman–Crippen MR) is 75.8 cm³/mol. The first-order chi connectivity index (χ1) is 9.41. The number of hydrogen-bond donors (Lipinski definition) is 2. The second-order valence-electron chi connectivity index (χ2n) is 5.34. The zero-order chi connectivity index (χ0) is 14.8. The number of hydrogen-bond acceptors (Lipinski definition) is 2. The summed E-state index contributed by atoms with van der Waals surface area (Å²) in [5.74, 6) is 6.10. The summed E-state index contributed by atoms with van der Waals surface area (Å²) in [6.45, 7) is 0. The number of nitrogens with two attached hydrogens (primary N) is 1. The van der Waals surface area contributed by atoms with Crippen LogP contribution in [0.25, 0.3) is 0 Å². The van der Waals surface area contributed by atoms with Crippen molar-refractivity contribution in [2.75, 3.05) is 0 Å². The Bertz CT molecular complexity index is 456. The quantitative estimate of drug-likeness (QED) is 0.617. The largest absolute Gasteiger partial charge is 0.416 e. The van der Waals surface area contributed by atoms with Crippen molar-refractivity contribution < 1.29 is 13.2 Å². The first kappa shape index (κ1) is 15.8. The Hall–Kier alpha value is -0.590. The number of rotatable bonds is 4. The maximum atomic E-state index is 12.8. The van der Waals surface area contributed by atoms with Crippen molar-refractivity contribution in [1.29, 1.82) is 0 Å². The van der Waals surface area contributed by atoms with E-state index in [0.717, 1.165) is 25.3 Å². The van der Waals surface area contributed by atoms with Crippen LogP contribution in [0.5, 0.6) is 0 Å². The minimum atomic E-state index is -4.33. The third kappa shape index (κ3) is 3.74. The summed E-state index contributed by atoms with van der Waals surface area (Å²) in [7, 11) is 0. The van der Waals surface area contributed by atoms with Gasteiger partial charge in [0, 0.05) is 10.5 Å². The van der Waals surface area contributed by atoms with Crippen molar-refractivity contribution in [2.24, 2.45) is 11.8 Å². The van der Waals surface area contributed by atoms with Crippen molar-refractivity contribution >= 4 is 15.9 Å². The lowest BCUT2D eigenvalue weighted by atomic mass is 9.93. The third-order valence-electron chi connectivity index (χ3n) is 3.94. The molecule has 0 aromatic heterocycles. The van der Waals surface area contributed by atoms with Gasteiger partial charge in [0.1, 0.15) is 0 Å². The molecular weight excluding hydrogens is 333 g/mol.